The van der Waals surface area contributed by atoms with Crippen LogP contribution >= 0.6 is 0 Å². The third-order valence-corrected chi connectivity index (χ3v) is 2.18. The van der Waals surface area contributed by atoms with Gasteiger partial charge in [-0.2, -0.15) is 13.2 Å². The summed E-state index contributed by atoms with van der Waals surface area (Å²) in [5, 5.41) is 8.61. The number of carboxylic acids is 1. The topological polar surface area (TPSA) is 70.8 Å². The van der Waals surface area contributed by atoms with Crippen LogP contribution in [0.2, 0.25) is 0 Å². The molecule has 8 heteroatoms. The molecular weight excluding hydrogens is 267 g/mol. The maximum absolute atomic E-state index is 12.3. The van der Waals surface area contributed by atoms with Crippen LogP contribution in [0.3, 0.4) is 0 Å². The van der Waals surface area contributed by atoms with Crippen LogP contribution in [-0.2, 0) is 0 Å². The molecule has 0 aliphatic heterocycles. The number of alkyl halides is 3. The number of hydrogen-bond acceptors (Lipinski definition) is 3. The smallest absolute Gasteiger partial charge is 0.406 e. The van der Waals surface area contributed by atoms with Gasteiger partial charge in [0.1, 0.15) is 6.54 Å². The van der Waals surface area contributed by atoms with Crippen LogP contribution in [0, 0.1) is 0 Å². The summed E-state index contributed by atoms with van der Waals surface area (Å²) in [6, 6.07) is 2.07. The molecule has 0 aromatic carbocycles. The Balaban J connectivity index is 2.89. The Morgan fingerprint density at radius 2 is 1.89 bits per heavy atom. The van der Waals surface area contributed by atoms with Gasteiger partial charge in [0.25, 0.3) is 5.91 Å². The number of aromatic carboxylic acids is 1. The molecule has 1 rings (SSSR count). The highest BCUT2D eigenvalue weighted by atomic mass is 19.4. The van der Waals surface area contributed by atoms with Gasteiger partial charge in [0.15, 0.2) is 5.76 Å². The quantitative estimate of drug-likeness (QED) is 0.898. The van der Waals surface area contributed by atoms with E-state index in [4.69, 9.17) is 9.52 Å². The first-order valence-corrected chi connectivity index (χ1v) is 5.43. The zero-order valence-electron chi connectivity index (χ0n) is 10.0. The summed E-state index contributed by atoms with van der Waals surface area (Å²) in [5.74, 6) is -3.29. The molecule has 0 aliphatic carbocycles. The lowest BCUT2D eigenvalue weighted by Gasteiger charge is -2.22. The van der Waals surface area contributed by atoms with Gasteiger partial charge < -0.3 is 14.4 Å². The molecule has 1 aromatic heterocycles. The van der Waals surface area contributed by atoms with Crippen molar-refractivity contribution >= 4 is 11.9 Å². The van der Waals surface area contributed by atoms with Gasteiger partial charge in [0.2, 0.25) is 5.76 Å². The number of nitrogens with zero attached hydrogens (tertiary/aromatic N) is 1. The maximum Gasteiger partial charge on any atom is 0.406 e. The molecule has 0 atom stereocenters. The van der Waals surface area contributed by atoms with Crippen molar-refractivity contribution in [3.63, 3.8) is 0 Å². The number of rotatable bonds is 5. The van der Waals surface area contributed by atoms with Crippen molar-refractivity contribution in [1.29, 1.82) is 0 Å². The first-order valence-electron chi connectivity index (χ1n) is 5.43. The summed E-state index contributed by atoms with van der Waals surface area (Å²) in [6.45, 7) is 0.131. The van der Waals surface area contributed by atoms with Crippen molar-refractivity contribution in [2.75, 3.05) is 13.1 Å². The Morgan fingerprint density at radius 1 is 1.32 bits per heavy atom. The molecular formula is C11H12F3NO4. The van der Waals surface area contributed by atoms with Crippen LogP contribution in [0.25, 0.3) is 0 Å². The molecule has 1 amide bonds. The number of carbonyl (C=O) groups is 2. The van der Waals surface area contributed by atoms with Gasteiger partial charge in [-0.05, 0) is 18.6 Å². The molecule has 0 bridgehead atoms. The molecule has 0 radical (unpaired) electrons. The van der Waals surface area contributed by atoms with Crippen molar-refractivity contribution < 1.29 is 32.3 Å². The van der Waals surface area contributed by atoms with Gasteiger partial charge in [-0.15, -0.1) is 0 Å². The first kappa shape index (κ1) is 15.1. The normalized spacial score (nSPS) is 11.4. The Bertz CT molecular complexity index is 467. The fraction of sp³-hybridized carbons (Fsp3) is 0.455. The SMILES string of the molecule is CCCN(CC(F)(F)F)C(=O)c1ccc(C(=O)O)o1. The second kappa shape index (κ2) is 5.77. The molecule has 1 heterocycles. The molecule has 0 fully saturated rings. The zero-order valence-corrected chi connectivity index (χ0v) is 10.0. The van der Waals surface area contributed by atoms with E-state index in [0.717, 1.165) is 12.1 Å². The summed E-state index contributed by atoms with van der Waals surface area (Å²) in [4.78, 5) is 22.9. The molecule has 1 N–H and O–H groups in total. The Morgan fingerprint density at radius 3 is 2.32 bits per heavy atom. The highest BCUT2D eigenvalue weighted by Crippen LogP contribution is 2.19. The minimum absolute atomic E-state index is 0.0958. The van der Waals surface area contributed by atoms with Crippen molar-refractivity contribution in [3.05, 3.63) is 23.7 Å². The lowest BCUT2D eigenvalue weighted by molar-refractivity contribution is -0.140. The van der Waals surface area contributed by atoms with E-state index in [1.54, 1.807) is 6.92 Å². The van der Waals surface area contributed by atoms with Gasteiger partial charge in [-0.1, -0.05) is 6.92 Å². The van der Waals surface area contributed by atoms with Crippen LogP contribution in [0.4, 0.5) is 13.2 Å². The van der Waals surface area contributed by atoms with Gasteiger partial charge in [0.05, 0.1) is 0 Å². The Labute approximate surface area is 106 Å². The van der Waals surface area contributed by atoms with E-state index in [9.17, 15) is 22.8 Å². The molecule has 19 heavy (non-hydrogen) atoms. The fourth-order valence-corrected chi connectivity index (χ4v) is 1.46. The second-order valence-corrected chi connectivity index (χ2v) is 3.81. The fourth-order valence-electron chi connectivity index (χ4n) is 1.46. The predicted octanol–water partition coefficient (Wildman–Crippen LogP) is 2.39. The van der Waals surface area contributed by atoms with Crippen LogP contribution in [-0.4, -0.2) is 41.1 Å². The van der Waals surface area contributed by atoms with Gasteiger partial charge >= 0.3 is 12.1 Å². The summed E-state index contributed by atoms with van der Waals surface area (Å²) >= 11 is 0. The first-order chi connectivity index (χ1) is 8.74. The van der Waals surface area contributed by atoms with Gasteiger partial charge in [0, 0.05) is 6.54 Å². The third kappa shape index (κ3) is 4.31. The molecule has 106 valence electrons. The second-order valence-electron chi connectivity index (χ2n) is 3.81. The highest BCUT2D eigenvalue weighted by molar-refractivity contribution is 5.93. The van der Waals surface area contributed by atoms with Crippen LogP contribution in [0.5, 0.6) is 0 Å². The van der Waals surface area contributed by atoms with E-state index in [-0.39, 0.29) is 6.54 Å². The number of carboxylic acid groups (broad SMARTS) is 1. The maximum atomic E-state index is 12.3. The summed E-state index contributed by atoms with van der Waals surface area (Å²) in [6.07, 6.45) is -4.18. The Hall–Kier alpha value is -1.99. The van der Waals surface area contributed by atoms with E-state index < -0.39 is 36.1 Å². The van der Waals surface area contributed by atoms with Crippen LogP contribution in [0.15, 0.2) is 16.5 Å². The molecule has 0 spiro atoms. The van der Waals surface area contributed by atoms with E-state index in [1.807, 2.05) is 0 Å². The minimum atomic E-state index is -4.52. The minimum Gasteiger partial charge on any atom is -0.475 e. The number of halogens is 3. The number of furan rings is 1. The predicted molar refractivity (Wildman–Crippen MR) is 57.9 cm³/mol. The molecule has 0 aliphatic rings. The number of amides is 1. The lowest BCUT2D eigenvalue weighted by Crippen LogP contribution is -2.39. The summed E-state index contributed by atoms with van der Waals surface area (Å²) in [5.41, 5.74) is 0. The van der Waals surface area contributed by atoms with Crippen molar-refractivity contribution in [3.8, 4) is 0 Å². The van der Waals surface area contributed by atoms with Crippen molar-refractivity contribution in [2.45, 2.75) is 19.5 Å². The summed E-state index contributed by atoms with van der Waals surface area (Å²) in [7, 11) is 0. The average molecular weight is 279 g/mol. The monoisotopic (exact) mass is 279 g/mol. The van der Waals surface area contributed by atoms with E-state index in [1.165, 1.54) is 0 Å². The van der Waals surface area contributed by atoms with Gasteiger partial charge in [-0.25, -0.2) is 4.79 Å². The molecule has 0 saturated heterocycles. The number of hydrogen-bond donors (Lipinski definition) is 1. The standard InChI is InChI=1S/C11H12F3NO4/c1-2-5-15(6-11(12,13)14)9(16)7-3-4-8(19-7)10(17)18/h3-4H,2,5-6H2,1H3,(H,17,18). The zero-order chi connectivity index (χ0) is 14.6. The third-order valence-electron chi connectivity index (χ3n) is 2.18. The Kier molecular flexibility index (Phi) is 4.57. The van der Waals surface area contributed by atoms with Crippen molar-refractivity contribution in [1.82, 2.24) is 4.90 Å². The average Bonchev–Trinajstić information content (AvgIpc) is 2.75. The van der Waals surface area contributed by atoms with Gasteiger partial charge in [-0.3, -0.25) is 4.79 Å². The van der Waals surface area contributed by atoms with E-state index in [0.29, 0.717) is 11.3 Å². The molecule has 0 saturated carbocycles. The molecule has 1 aromatic rings. The molecule has 0 unspecified atom stereocenters. The van der Waals surface area contributed by atoms with Crippen LogP contribution < -0.4 is 0 Å². The van der Waals surface area contributed by atoms with E-state index >= 15 is 0 Å². The number of carbonyl (C=O) groups excluding carboxylic acids is 1. The van der Waals surface area contributed by atoms with Crippen LogP contribution in [0.1, 0.15) is 34.5 Å². The van der Waals surface area contributed by atoms with E-state index in [2.05, 4.69) is 0 Å². The summed E-state index contributed by atoms with van der Waals surface area (Å²) < 4.78 is 41.7. The van der Waals surface area contributed by atoms with Crippen molar-refractivity contribution in [2.24, 2.45) is 0 Å². The highest BCUT2D eigenvalue weighted by Gasteiger charge is 2.34. The molecule has 5 nitrogen and oxygen atoms in total. The lowest BCUT2D eigenvalue weighted by atomic mass is 10.3. The largest absolute Gasteiger partial charge is 0.475 e.